The molecule has 0 radical (unpaired) electrons. The number of cyclic esters (lactones) is 1. The fraction of sp³-hybridized carbons (Fsp3) is 0.579. The molecule has 0 aliphatic carbocycles. The van der Waals surface area contributed by atoms with Crippen LogP contribution in [0.15, 0.2) is 24.3 Å². The molecule has 7 nitrogen and oxygen atoms in total. The first-order valence-electron chi connectivity index (χ1n) is 9.29. The standard InChI is InChI=1S/C19H25FN2O5/c20-15-6-4-14(5-7-15)19(8-2-12-23)9-11-22(18(26)27-19)16-3-1-10-21(13-16)17(24)25/h4-7,16,23H,1-3,8-13H2,(H,24,25)/t16?,19-/m1/s1. The topological polar surface area (TPSA) is 90.3 Å². The number of carbonyl (C=O) groups excluding carboxylic acids is 1. The van der Waals surface area contributed by atoms with Crippen LogP contribution < -0.4 is 0 Å². The number of aliphatic hydroxyl groups excluding tert-OH is 1. The molecule has 2 atom stereocenters. The van der Waals surface area contributed by atoms with Crippen molar-refractivity contribution in [3.05, 3.63) is 35.6 Å². The van der Waals surface area contributed by atoms with Gasteiger partial charge >= 0.3 is 12.2 Å². The molecule has 2 amide bonds. The van der Waals surface area contributed by atoms with Crippen molar-refractivity contribution in [3.63, 3.8) is 0 Å². The summed E-state index contributed by atoms with van der Waals surface area (Å²) in [4.78, 5) is 27.0. The maximum absolute atomic E-state index is 13.3. The highest BCUT2D eigenvalue weighted by Crippen LogP contribution is 2.39. The number of rotatable bonds is 5. The van der Waals surface area contributed by atoms with Crippen molar-refractivity contribution in [2.24, 2.45) is 0 Å². The first kappa shape index (κ1) is 19.4. The van der Waals surface area contributed by atoms with Gasteiger partial charge in [0.15, 0.2) is 0 Å². The molecule has 148 valence electrons. The Morgan fingerprint density at radius 1 is 1.30 bits per heavy atom. The SMILES string of the molecule is O=C(O)N1CCCC(N2CC[C@](CCCO)(c3ccc(F)cc3)OC2=O)C1. The number of carboxylic acid groups (broad SMARTS) is 1. The predicted molar refractivity (Wildman–Crippen MR) is 94.8 cm³/mol. The summed E-state index contributed by atoms with van der Waals surface area (Å²) < 4.78 is 19.2. The zero-order chi connectivity index (χ0) is 19.4. The molecule has 27 heavy (non-hydrogen) atoms. The Labute approximate surface area is 157 Å². The van der Waals surface area contributed by atoms with Gasteiger partial charge in [-0.05, 0) is 43.4 Å². The van der Waals surface area contributed by atoms with Crippen molar-refractivity contribution in [1.82, 2.24) is 9.80 Å². The van der Waals surface area contributed by atoms with Crippen LogP contribution in [0.4, 0.5) is 14.0 Å². The van der Waals surface area contributed by atoms with Crippen LogP contribution in [0.2, 0.25) is 0 Å². The number of benzene rings is 1. The molecule has 2 heterocycles. The minimum atomic E-state index is -0.978. The fourth-order valence-corrected chi connectivity index (χ4v) is 4.03. The number of piperidine rings is 1. The van der Waals surface area contributed by atoms with Crippen LogP contribution in [0.1, 0.15) is 37.7 Å². The van der Waals surface area contributed by atoms with E-state index in [-0.39, 0.29) is 25.0 Å². The van der Waals surface area contributed by atoms with E-state index in [0.717, 1.165) is 6.42 Å². The lowest BCUT2D eigenvalue weighted by Gasteiger charge is -2.46. The maximum Gasteiger partial charge on any atom is 0.410 e. The molecule has 2 fully saturated rings. The molecule has 2 aliphatic rings. The van der Waals surface area contributed by atoms with Gasteiger partial charge in [0.05, 0.1) is 6.04 Å². The molecule has 8 heteroatoms. The molecule has 3 rings (SSSR count). The van der Waals surface area contributed by atoms with Crippen LogP contribution in [0.25, 0.3) is 0 Å². The van der Waals surface area contributed by atoms with Gasteiger partial charge in [0.1, 0.15) is 11.4 Å². The third-order valence-corrected chi connectivity index (χ3v) is 5.49. The van der Waals surface area contributed by atoms with Crippen LogP contribution in [-0.4, -0.2) is 64.5 Å². The highest BCUT2D eigenvalue weighted by Gasteiger charge is 2.44. The van der Waals surface area contributed by atoms with Crippen molar-refractivity contribution in [2.45, 2.75) is 43.7 Å². The summed E-state index contributed by atoms with van der Waals surface area (Å²) in [7, 11) is 0. The normalized spacial score (nSPS) is 26.0. The van der Waals surface area contributed by atoms with Gasteiger partial charge in [0, 0.05) is 32.7 Å². The Morgan fingerprint density at radius 2 is 2.04 bits per heavy atom. The van der Waals surface area contributed by atoms with Gasteiger partial charge in [0.25, 0.3) is 0 Å². The minimum absolute atomic E-state index is 0.0274. The average molecular weight is 380 g/mol. The molecule has 2 N–H and O–H groups in total. The van der Waals surface area contributed by atoms with E-state index < -0.39 is 17.8 Å². The van der Waals surface area contributed by atoms with Gasteiger partial charge in [-0.1, -0.05) is 12.1 Å². The Morgan fingerprint density at radius 3 is 2.67 bits per heavy atom. The van der Waals surface area contributed by atoms with Gasteiger partial charge in [-0.15, -0.1) is 0 Å². The Balaban J connectivity index is 1.76. The summed E-state index contributed by atoms with van der Waals surface area (Å²) in [6.07, 6.45) is 1.39. The zero-order valence-corrected chi connectivity index (χ0v) is 15.1. The molecule has 0 bridgehead atoms. The number of ether oxygens (including phenoxy) is 1. The number of nitrogens with zero attached hydrogens (tertiary/aromatic N) is 2. The quantitative estimate of drug-likeness (QED) is 0.820. The molecule has 1 aromatic carbocycles. The Kier molecular flexibility index (Phi) is 5.84. The summed E-state index contributed by atoms with van der Waals surface area (Å²) in [5.41, 5.74) is -0.188. The van der Waals surface area contributed by atoms with Crippen LogP contribution in [0.3, 0.4) is 0 Å². The summed E-state index contributed by atoms with van der Waals surface area (Å²) in [5.74, 6) is -0.365. The van der Waals surface area contributed by atoms with E-state index in [1.807, 2.05) is 0 Å². The van der Waals surface area contributed by atoms with Gasteiger partial charge < -0.3 is 24.7 Å². The summed E-state index contributed by atoms with van der Waals surface area (Å²) in [5, 5.41) is 18.4. The van der Waals surface area contributed by atoms with Gasteiger partial charge in [-0.2, -0.15) is 0 Å². The fourth-order valence-electron chi connectivity index (χ4n) is 4.03. The molecular formula is C19H25FN2O5. The van der Waals surface area contributed by atoms with Crippen molar-refractivity contribution < 1.29 is 28.9 Å². The smallest absolute Gasteiger partial charge is 0.410 e. The Hall–Kier alpha value is -2.35. The molecule has 1 unspecified atom stereocenters. The third-order valence-electron chi connectivity index (χ3n) is 5.49. The van der Waals surface area contributed by atoms with Crippen molar-refractivity contribution in [1.29, 1.82) is 0 Å². The van der Waals surface area contributed by atoms with E-state index in [2.05, 4.69) is 0 Å². The number of likely N-dealkylation sites (tertiary alicyclic amines) is 1. The zero-order valence-electron chi connectivity index (χ0n) is 15.1. The van der Waals surface area contributed by atoms with Gasteiger partial charge in [-0.25, -0.2) is 14.0 Å². The molecule has 0 spiro atoms. The molecule has 0 aromatic heterocycles. The van der Waals surface area contributed by atoms with Crippen molar-refractivity contribution in [2.75, 3.05) is 26.2 Å². The van der Waals surface area contributed by atoms with Crippen molar-refractivity contribution in [3.8, 4) is 0 Å². The van der Waals surface area contributed by atoms with E-state index in [0.29, 0.717) is 44.3 Å². The van der Waals surface area contributed by atoms with E-state index in [4.69, 9.17) is 4.74 Å². The lowest BCUT2D eigenvalue weighted by atomic mass is 9.84. The van der Waals surface area contributed by atoms with Crippen LogP contribution in [0, 0.1) is 5.82 Å². The van der Waals surface area contributed by atoms with Gasteiger partial charge in [0.2, 0.25) is 0 Å². The van der Waals surface area contributed by atoms with Crippen LogP contribution in [-0.2, 0) is 10.3 Å². The number of halogens is 1. The van der Waals surface area contributed by atoms with E-state index in [9.17, 15) is 24.2 Å². The third kappa shape index (κ3) is 4.16. The second-order valence-electron chi connectivity index (χ2n) is 7.16. The van der Waals surface area contributed by atoms with E-state index >= 15 is 0 Å². The van der Waals surface area contributed by atoms with E-state index in [1.54, 1.807) is 17.0 Å². The van der Waals surface area contributed by atoms with Crippen molar-refractivity contribution >= 4 is 12.2 Å². The lowest BCUT2D eigenvalue weighted by Crippen LogP contribution is -2.56. The second-order valence-corrected chi connectivity index (χ2v) is 7.16. The highest BCUT2D eigenvalue weighted by atomic mass is 19.1. The monoisotopic (exact) mass is 380 g/mol. The molecule has 1 aromatic rings. The number of carbonyl (C=O) groups is 2. The number of aliphatic hydroxyl groups is 1. The minimum Gasteiger partial charge on any atom is -0.465 e. The van der Waals surface area contributed by atoms with E-state index in [1.165, 1.54) is 17.0 Å². The lowest BCUT2D eigenvalue weighted by molar-refractivity contribution is -0.0735. The molecule has 0 saturated carbocycles. The number of hydrogen-bond acceptors (Lipinski definition) is 4. The molecule has 2 saturated heterocycles. The summed E-state index contributed by atoms with van der Waals surface area (Å²) in [6.45, 7) is 1.16. The average Bonchev–Trinajstić information content (AvgIpc) is 2.67. The largest absolute Gasteiger partial charge is 0.465 e. The first-order valence-corrected chi connectivity index (χ1v) is 9.29. The second kappa shape index (κ2) is 8.12. The Bertz CT molecular complexity index is 683. The number of amides is 2. The summed E-state index contributed by atoms with van der Waals surface area (Å²) >= 11 is 0. The first-order chi connectivity index (χ1) is 12.9. The maximum atomic E-state index is 13.3. The van der Waals surface area contributed by atoms with Crippen LogP contribution >= 0.6 is 0 Å². The highest BCUT2D eigenvalue weighted by molar-refractivity contribution is 5.70. The molecular weight excluding hydrogens is 355 g/mol. The predicted octanol–water partition coefficient (Wildman–Crippen LogP) is 2.78. The number of hydrogen-bond donors (Lipinski definition) is 2. The van der Waals surface area contributed by atoms with Gasteiger partial charge in [-0.3, -0.25) is 0 Å². The summed E-state index contributed by atoms with van der Waals surface area (Å²) in [6, 6.07) is 5.70. The van der Waals surface area contributed by atoms with Crippen LogP contribution in [0.5, 0.6) is 0 Å². The molecule has 2 aliphatic heterocycles.